The Hall–Kier alpha value is -0.340. The third-order valence-electron chi connectivity index (χ3n) is 2.66. The molecule has 15 heavy (non-hydrogen) atoms. The van der Waals surface area contributed by atoms with E-state index in [0.717, 1.165) is 19.4 Å². The Morgan fingerprint density at radius 2 is 2.00 bits per heavy atom. The van der Waals surface area contributed by atoms with Crippen LogP contribution in [0, 0.1) is 13.8 Å². The van der Waals surface area contributed by atoms with Crippen LogP contribution in [0.15, 0.2) is 18.2 Å². The second-order valence-electron chi connectivity index (χ2n) is 4.00. The Morgan fingerprint density at radius 3 is 2.60 bits per heavy atom. The summed E-state index contributed by atoms with van der Waals surface area (Å²) in [7, 11) is 1.75. The van der Waals surface area contributed by atoms with Gasteiger partial charge in [-0.05, 0) is 43.4 Å². The van der Waals surface area contributed by atoms with E-state index in [1.165, 1.54) is 16.7 Å². The van der Waals surface area contributed by atoms with Crippen LogP contribution in [0.5, 0.6) is 0 Å². The van der Waals surface area contributed by atoms with Crippen LogP contribution in [0.4, 0.5) is 0 Å². The van der Waals surface area contributed by atoms with Gasteiger partial charge >= 0.3 is 0 Å². The van der Waals surface area contributed by atoms with E-state index in [4.69, 9.17) is 4.74 Å². The molecule has 1 aromatic carbocycles. The number of alkyl halides is 1. The molecule has 0 saturated carbocycles. The number of aryl methyl sites for hydroxylation is 2. The summed E-state index contributed by atoms with van der Waals surface area (Å²) in [6.45, 7) is 5.13. The number of hydrogen-bond donors (Lipinski definition) is 0. The standard InChI is InChI=1S/C13H19BrO/c1-10-4-5-12(8-11(10)2)9-13(14)6-7-15-3/h4-5,8,13H,6-7,9H2,1-3H3. The zero-order valence-electron chi connectivity index (χ0n) is 9.72. The Balaban J connectivity index is 2.53. The highest BCUT2D eigenvalue weighted by Gasteiger charge is 2.05. The van der Waals surface area contributed by atoms with Gasteiger partial charge in [0.15, 0.2) is 0 Å². The maximum atomic E-state index is 5.06. The van der Waals surface area contributed by atoms with Crippen LogP contribution in [-0.2, 0) is 11.2 Å². The first-order valence-electron chi connectivity index (χ1n) is 5.32. The minimum atomic E-state index is 0.513. The fourth-order valence-corrected chi connectivity index (χ4v) is 2.09. The fourth-order valence-electron chi connectivity index (χ4n) is 1.53. The summed E-state index contributed by atoms with van der Waals surface area (Å²) in [5.74, 6) is 0. The highest BCUT2D eigenvalue weighted by atomic mass is 79.9. The van der Waals surface area contributed by atoms with Gasteiger partial charge in [-0.25, -0.2) is 0 Å². The Bertz CT molecular complexity index is 309. The SMILES string of the molecule is COCCC(Br)Cc1ccc(C)c(C)c1. The molecule has 0 heterocycles. The second kappa shape index (κ2) is 6.29. The zero-order valence-corrected chi connectivity index (χ0v) is 11.3. The molecule has 1 rings (SSSR count). The summed E-state index contributed by atoms with van der Waals surface area (Å²) in [6, 6.07) is 6.68. The molecular formula is C13H19BrO. The molecule has 0 radical (unpaired) electrons. The lowest BCUT2D eigenvalue weighted by atomic mass is 10.0. The summed E-state index contributed by atoms with van der Waals surface area (Å²) < 4.78 is 5.06. The van der Waals surface area contributed by atoms with E-state index >= 15 is 0 Å². The number of methoxy groups -OCH3 is 1. The highest BCUT2D eigenvalue weighted by Crippen LogP contribution is 2.16. The molecule has 0 fully saturated rings. The highest BCUT2D eigenvalue weighted by molar-refractivity contribution is 9.09. The third kappa shape index (κ3) is 4.35. The second-order valence-corrected chi connectivity index (χ2v) is 5.30. The van der Waals surface area contributed by atoms with E-state index in [9.17, 15) is 0 Å². The van der Waals surface area contributed by atoms with E-state index < -0.39 is 0 Å². The number of hydrogen-bond acceptors (Lipinski definition) is 1. The van der Waals surface area contributed by atoms with Crippen molar-refractivity contribution in [3.8, 4) is 0 Å². The Morgan fingerprint density at radius 1 is 1.27 bits per heavy atom. The Labute approximate surface area is 101 Å². The lowest BCUT2D eigenvalue weighted by Crippen LogP contribution is -2.06. The van der Waals surface area contributed by atoms with E-state index in [2.05, 4.69) is 48.0 Å². The number of benzene rings is 1. The maximum Gasteiger partial charge on any atom is 0.0473 e. The van der Waals surface area contributed by atoms with Gasteiger partial charge in [0, 0.05) is 18.5 Å². The van der Waals surface area contributed by atoms with Gasteiger partial charge in [-0.15, -0.1) is 0 Å². The number of rotatable bonds is 5. The predicted molar refractivity (Wildman–Crippen MR) is 68.8 cm³/mol. The van der Waals surface area contributed by atoms with Gasteiger partial charge in [0.1, 0.15) is 0 Å². The van der Waals surface area contributed by atoms with Crippen LogP contribution >= 0.6 is 15.9 Å². The van der Waals surface area contributed by atoms with Gasteiger partial charge < -0.3 is 4.74 Å². The van der Waals surface area contributed by atoms with E-state index in [1.807, 2.05) is 0 Å². The van der Waals surface area contributed by atoms with Crippen molar-refractivity contribution in [3.63, 3.8) is 0 Å². The zero-order chi connectivity index (χ0) is 11.3. The van der Waals surface area contributed by atoms with Gasteiger partial charge in [0.25, 0.3) is 0 Å². The van der Waals surface area contributed by atoms with Crippen LogP contribution in [0.3, 0.4) is 0 Å². The largest absolute Gasteiger partial charge is 0.385 e. The first-order chi connectivity index (χ1) is 7.13. The molecule has 1 aromatic rings. The van der Waals surface area contributed by atoms with E-state index in [0.29, 0.717) is 4.83 Å². The number of halogens is 1. The van der Waals surface area contributed by atoms with Crippen LogP contribution in [-0.4, -0.2) is 18.5 Å². The van der Waals surface area contributed by atoms with Gasteiger partial charge in [0.2, 0.25) is 0 Å². The normalized spacial score (nSPS) is 12.8. The van der Waals surface area contributed by atoms with Crippen molar-refractivity contribution in [3.05, 3.63) is 34.9 Å². The molecule has 2 heteroatoms. The van der Waals surface area contributed by atoms with Crippen molar-refractivity contribution in [1.29, 1.82) is 0 Å². The van der Waals surface area contributed by atoms with Crippen molar-refractivity contribution in [2.75, 3.05) is 13.7 Å². The minimum absolute atomic E-state index is 0.513. The lowest BCUT2D eigenvalue weighted by molar-refractivity contribution is 0.194. The van der Waals surface area contributed by atoms with Crippen LogP contribution < -0.4 is 0 Å². The van der Waals surface area contributed by atoms with Crippen molar-refractivity contribution in [1.82, 2.24) is 0 Å². The summed E-state index contributed by atoms with van der Waals surface area (Å²) in [5, 5.41) is 0. The summed E-state index contributed by atoms with van der Waals surface area (Å²) in [4.78, 5) is 0.513. The first kappa shape index (κ1) is 12.7. The molecule has 1 atom stereocenters. The average Bonchev–Trinajstić information content (AvgIpc) is 2.20. The molecule has 0 aliphatic carbocycles. The van der Waals surface area contributed by atoms with Gasteiger partial charge in [-0.3, -0.25) is 0 Å². The molecule has 0 N–H and O–H groups in total. The molecule has 1 unspecified atom stereocenters. The lowest BCUT2D eigenvalue weighted by Gasteiger charge is -2.10. The first-order valence-corrected chi connectivity index (χ1v) is 6.24. The van der Waals surface area contributed by atoms with E-state index in [-0.39, 0.29) is 0 Å². The van der Waals surface area contributed by atoms with Crippen molar-refractivity contribution < 1.29 is 4.74 Å². The van der Waals surface area contributed by atoms with Crippen molar-refractivity contribution >= 4 is 15.9 Å². The fraction of sp³-hybridized carbons (Fsp3) is 0.538. The molecule has 0 saturated heterocycles. The molecule has 0 spiro atoms. The monoisotopic (exact) mass is 270 g/mol. The van der Waals surface area contributed by atoms with Crippen molar-refractivity contribution in [2.24, 2.45) is 0 Å². The molecule has 0 bridgehead atoms. The molecule has 84 valence electrons. The Kier molecular flexibility index (Phi) is 5.34. The van der Waals surface area contributed by atoms with E-state index in [1.54, 1.807) is 7.11 Å². The maximum absolute atomic E-state index is 5.06. The molecule has 0 aliphatic rings. The summed E-state index contributed by atoms with van der Waals surface area (Å²) in [5.41, 5.74) is 4.14. The van der Waals surface area contributed by atoms with Gasteiger partial charge in [0.05, 0.1) is 0 Å². The molecule has 0 aromatic heterocycles. The predicted octanol–water partition coefficient (Wildman–Crippen LogP) is 3.65. The van der Waals surface area contributed by atoms with Gasteiger partial charge in [-0.1, -0.05) is 34.1 Å². The van der Waals surface area contributed by atoms with Crippen LogP contribution in [0.1, 0.15) is 23.1 Å². The van der Waals surface area contributed by atoms with Crippen LogP contribution in [0.25, 0.3) is 0 Å². The quantitative estimate of drug-likeness (QED) is 0.743. The molecule has 0 aliphatic heterocycles. The van der Waals surface area contributed by atoms with Crippen LogP contribution in [0.2, 0.25) is 0 Å². The molecule has 0 amide bonds. The average molecular weight is 271 g/mol. The minimum Gasteiger partial charge on any atom is -0.385 e. The molecule has 1 nitrogen and oxygen atoms in total. The summed E-state index contributed by atoms with van der Waals surface area (Å²) >= 11 is 3.68. The molecular weight excluding hydrogens is 252 g/mol. The van der Waals surface area contributed by atoms with Crippen molar-refractivity contribution in [2.45, 2.75) is 31.5 Å². The van der Waals surface area contributed by atoms with Gasteiger partial charge in [-0.2, -0.15) is 0 Å². The summed E-state index contributed by atoms with van der Waals surface area (Å²) in [6.07, 6.45) is 2.13. The topological polar surface area (TPSA) is 9.23 Å². The smallest absolute Gasteiger partial charge is 0.0473 e. The number of ether oxygens (including phenoxy) is 1. The third-order valence-corrected chi connectivity index (χ3v) is 3.45.